The van der Waals surface area contributed by atoms with Crippen molar-refractivity contribution in [2.75, 3.05) is 0 Å². The molecule has 0 bridgehead atoms. The van der Waals surface area contributed by atoms with Gasteiger partial charge in [-0.1, -0.05) is 0 Å². The second kappa shape index (κ2) is 4.79. The molecule has 1 heterocycles. The molecule has 0 unspecified atom stereocenters. The van der Waals surface area contributed by atoms with Crippen LogP contribution in [0.4, 0.5) is 13.2 Å². The molecule has 0 aliphatic rings. The van der Waals surface area contributed by atoms with Gasteiger partial charge in [0.15, 0.2) is 0 Å². The van der Waals surface area contributed by atoms with Gasteiger partial charge in [-0.3, -0.25) is 0 Å². The lowest BCUT2D eigenvalue weighted by Gasteiger charge is -1.84. The molecule has 0 aromatic carbocycles. The highest BCUT2D eigenvalue weighted by molar-refractivity contribution is 4.75. The van der Waals surface area contributed by atoms with Crippen LogP contribution in [-0.4, -0.2) is 11.2 Å². The normalized spacial score (nSPS) is 9.58. The molecule has 5 heteroatoms. The minimum absolute atomic E-state index is 1.27. The maximum Gasteiger partial charge on any atom is 0.379 e. The van der Waals surface area contributed by atoms with Gasteiger partial charge in [0.25, 0.3) is 5.82 Å². The van der Waals surface area contributed by atoms with E-state index in [9.17, 15) is 13.2 Å². The van der Waals surface area contributed by atoms with Crippen molar-refractivity contribution in [2.24, 2.45) is 14.1 Å². The van der Waals surface area contributed by atoms with Crippen molar-refractivity contribution in [2.45, 2.75) is 13.6 Å². The Morgan fingerprint density at radius 1 is 1.42 bits per heavy atom. The van der Waals surface area contributed by atoms with E-state index >= 15 is 0 Å². The van der Waals surface area contributed by atoms with Gasteiger partial charge in [-0.2, -0.15) is 13.2 Å². The summed E-state index contributed by atoms with van der Waals surface area (Å²) in [5, 5.41) is 0. The van der Waals surface area contributed by atoms with Gasteiger partial charge in [0, 0.05) is 6.92 Å². The third-order valence-electron chi connectivity index (χ3n) is 1.53. The van der Waals surface area contributed by atoms with Crippen molar-refractivity contribution in [3.8, 4) is 0 Å². The van der Waals surface area contributed by atoms with Gasteiger partial charge in [-0.05, 0) is 0 Å². The smallest absolute Gasteiger partial charge is 0.237 e. The Labute approximate surface area is 69.2 Å². The quantitative estimate of drug-likeness (QED) is 0.534. The summed E-state index contributed by atoms with van der Waals surface area (Å²) in [6, 6.07) is 0. The van der Waals surface area contributed by atoms with Crippen LogP contribution in [-0.2, 0) is 14.1 Å². The Hall–Kier alpha value is -1.00. The summed E-state index contributed by atoms with van der Waals surface area (Å²) >= 11 is 0. The van der Waals surface area contributed by atoms with E-state index in [0.717, 1.165) is 0 Å². The third kappa shape index (κ3) is 4.00. The molecular weight excluding hydrogens is 169 g/mol. The molecule has 0 fully saturated rings. The number of nitrogens with zero attached hydrogens (tertiary/aromatic N) is 2. The lowest BCUT2D eigenvalue weighted by molar-refractivity contribution is -0.677. The van der Waals surface area contributed by atoms with E-state index in [-0.39, 0.29) is 0 Å². The first-order valence-corrected chi connectivity index (χ1v) is 3.35. The van der Waals surface area contributed by atoms with Crippen molar-refractivity contribution < 1.29 is 17.7 Å². The molecule has 0 atom stereocenters. The molecule has 0 radical (unpaired) electrons. The highest BCUT2D eigenvalue weighted by Gasteiger charge is 2.00. The fraction of sp³-hybridized carbons (Fsp3) is 0.571. The van der Waals surface area contributed by atoms with Crippen LogP contribution in [0.1, 0.15) is 5.82 Å². The van der Waals surface area contributed by atoms with Gasteiger partial charge in [0.2, 0.25) is 0 Å². The van der Waals surface area contributed by atoms with Gasteiger partial charge in [-0.15, -0.1) is 0 Å². The van der Waals surface area contributed by atoms with E-state index in [4.69, 9.17) is 0 Å². The van der Waals surface area contributed by atoms with Crippen LogP contribution in [0.25, 0.3) is 0 Å². The van der Waals surface area contributed by atoms with Gasteiger partial charge < -0.3 is 0 Å². The fourth-order valence-corrected chi connectivity index (χ4v) is 0.665. The number of alkyl halides is 3. The first-order valence-electron chi connectivity index (χ1n) is 3.35. The molecule has 1 aromatic rings. The second-order valence-corrected chi connectivity index (χ2v) is 2.31. The first kappa shape index (κ1) is 11.0. The number of hydrogen-bond acceptors (Lipinski definition) is 0. The Kier molecular flexibility index (Phi) is 4.39. The number of hydrogen-bond donors (Lipinski definition) is 0. The summed E-state index contributed by atoms with van der Waals surface area (Å²) in [6.45, 7) is -1.58. The molecule has 70 valence electrons. The molecule has 0 aliphatic carbocycles. The highest BCUT2D eigenvalue weighted by Crippen LogP contribution is 1.87. The van der Waals surface area contributed by atoms with E-state index in [1.807, 2.05) is 26.5 Å². The van der Waals surface area contributed by atoms with Crippen molar-refractivity contribution >= 4 is 0 Å². The molecular formula is C7H12F3N2+. The zero-order valence-corrected chi connectivity index (χ0v) is 7.26. The van der Waals surface area contributed by atoms with E-state index in [1.165, 1.54) is 5.82 Å². The summed E-state index contributed by atoms with van der Waals surface area (Å²) in [5.74, 6) is 1.27. The van der Waals surface area contributed by atoms with Crippen molar-refractivity contribution in [3.63, 3.8) is 0 Å². The molecule has 0 saturated heterocycles. The lowest BCUT2D eigenvalue weighted by atomic mass is 10.7. The molecule has 0 N–H and O–H groups in total. The van der Waals surface area contributed by atoms with Crippen LogP contribution in [0, 0.1) is 6.92 Å². The van der Waals surface area contributed by atoms with Crippen molar-refractivity contribution in [1.82, 2.24) is 4.57 Å². The predicted octanol–water partition coefficient (Wildman–Crippen LogP) is 1.34. The predicted molar refractivity (Wildman–Crippen MR) is 38.4 cm³/mol. The number of aromatic nitrogens is 2. The second-order valence-electron chi connectivity index (χ2n) is 2.31. The summed E-state index contributed by atoms with van der Waals surface area (Å²) < 4.78 is 33.2. The largest absolute Gasteiger partial charge is 0.379 e. The van der Waals surface area contributed by atoms with Crippen LogP contribution in [0.3, 0.4) is 0 Å². The first-order chi connectivity index (χ1) is 5.45. The summed E-state index contributed by atoms with van der Waals surface area (Å²) in [7, 11) is 4.07. The van der Waals surface area contributed by atoms with E-state index in [1.54, 1.807) is 0 Å². The van der Waals surface area contributed by atoms with Gasteiger partial charge in [0.05, 0.1) is 14.1 Å². The number of imidazole rings is 1. The Balaban J connectivity index is 0.000000261. The number of aryl methyl sites for hydroxylation is 2. The number of halogens is 3. The molecule has 0 amide bonds. The average Bonchev–Trinajstić information content (AvgIpc) is 2.19. The Bertz CT molecular complexity index is 210. The van der Waals surface area contributed by atoms with E-state index < -0.39 is 6.68 Å². The van der Waals surface area contributed by atoms with E-state index in [0.29, 0.717) is 0 Å². The van der Waals surface area contributed by atoms with Crippen LogP contribution in [0.15, 0.2) is 12.4 Å². The van der Waals surface area contributed by atoms with Gasteiger partial charge >= 0.3 is 6.68 Å². The molecule has 1 rings (SSSR count). The standard InChI is InChI=1S/C6H11N2.CHF3/c1-6-7(2)4-5-8(6)3;2-1(3)4/h4-5H,1-3H3;1H/q+1;. The SMILES string of the molecule is Cc1n(C)cc[n+]1C.FC(F)F. The fourth-order valence-electron chi connectivity index (χ4n) is 0.665. The van der Waals surface area contributed by atoms with Crippen LogP contribution >= 0.6 is 0 Å². The summed E-state index contributed by atoms with van der Waals surface area (Å²) in [5.41, 5.74) is 0. The summed E-state index contributed by atoms with van der Waals surface area (Å²) in [4.78, 5) is 0. The minimum Gasteiger partial charge on any atom is -0.237 e. The zero-order chi connectivity index (χ0) is 9.72. The third-order valence-corrected chi connectivity index (χ3v) is 1.53. The maximum atomic E-state index is 9.67. The topological polar surface area (TPSA) is 8.81 Å². The van der Waals surface area contributed by atoms with Crippen molar-refractivity contribution in [3.05, 3.63) is 18.2 Å². The monoisotopic (exact) mass is 181 g/mol. The maximum absolute atomic E-state index is 9.67. The van der Waals surface area contributed by atoms with Gasteiger partial charge in [0.1, 0.15) is 12.4 Å². The highest BCUT2D eigenvalue weighted by atomic mass is 19.4. The molecule has 0 aliphatic heterocycles. The molecule has 1 aromatic heterocycles. The van der Waals surface area contributed by atoms with Crippen LogP contribution < -0.4 is 4.57 Å². The van der Waals surface area contributed by atoms with Crippen molar-refractivity contribution in [1.29, 1.82) is 0 Å². The van der Waals surface area contributed by atoms with Crippen LogP contribution in [0.2, 0.25) is 0 Å². The Morgan fingerprint density at radius 2 is 1.83 bits per heavy atom. The average molecular weight is 181 g/mol. The zero-order valence-electron chi connectivity index (χ0n) is 7.26. The lowest BCUT2D eigenvalue weighted by Crippen LogP contribution is -2.29. The molecule has 0 saturated carbocycles. The van der Waals surface area contributed by atoms with E-state index in [2.05, 4.69) is 16.1 Å². The van der Waals surface area contributed by atoms with Crippen LogP contribution in [0.5, 0.6) is 0 Å². The summed E-state index contributed by atoms with van der Waals surface area (Å²) in [6.07, 6.45) is 4.07. The molecule has 2 nitrogen and oxygen atoms in total. The minimum atomic E-state index is -3.67. The Morgan fingerprint density at radius 3 is 1.92 bits per heavy atom. The molecule has 0 spiro atoms. The number of rotatable bonds is 0. The molecule has 12 heavy (non-hydrogen) atoms. The van der Waals surface area contributed by atoms with Gasteiger partial charge in [-0.25, -0.2) is 9.13 Å².